The molecule has 1 aromatic rings. The highest BCUT2D eigenvalue weighted by Gasteiger charge is 2.26. The minimum Gasteiger partial charge on any atom is -0.493 e. The van der Waals surface area contributed by atoms with Crippen molar-refractivity contribution in [1.82, 2.24) is 5.32 Å². The fourth-order valence-corrected chi connectivity index (χ4v) is 2.33. The van der Waals surface area contributed by atoms with Gasteiger partial charge in [-0.25, -0.2) is 9.59 Å². The number of alkyl carbamates (subject to hydrolysis) is 1. The molecule has 0 aliphatic heterocycles. The van der Waals surface area contributed by atoms with E-state index in [-0.39, 0.29) is 35.6 Å². The molecule has 4 N–H and O–H groups in total. The highest BCUT2D eigenvalue weighted by Crippen LogP contribution is 2.34. The van der Waals surface area contributed by atoms with Gasteiger partial charge in [0.1, 0.15) is 11.7 Å². The number of carbonyl (C=O) groups is 2. The lowest BCUT2D eigenvalue weighted by molar-refractivity contribution is 0.0114. The second-order valence-corrected chi connectivity index (χ2v) is 6.83. The number of aliphatic hydroxyl groups excluding tert-OH is 2. The van der Waals surface area contributed by atoms with E-state index >= 15 is 0 Å². The van der Waals surface area contributed by atoms with Gasteiger partial charge in [-0.15, -0.1) is 0 Å². The molecule has 0 bridgehead atoms. The summed E-state index contributed by atoms with van der Waals surface area (Å²) in [5.41, 5.74) is -0.901. The molecule has 0 fully saturated rings. The Balaban J connectivity index is 2.86. The van der Waals surface area contributed by atoms with Crippen molar-refractivity contribution < 1.29 is 39.1 Å². The number of nitrogens with one attached hydrogen (secondary N) is 1. The second-order valence-electron chi connectivity index (χ2n) is 6.83. The van der Waals surface area contributed by atoms with E-state index in [4.69, 9.17) is 14.2 Å². The normalized spacial score (nSPS) is 13.4. The maximum atomic E-state index is 11.6. The molecule has 9 heteroatoms. The zero-order valence-corrected chi connectivity index (χ0v) is 16.1. The average molecular weight is 385 g/mol. The summed E-state index contributed by atoms with van der Waals surface area (Å²) in [5.74, 6) is -0.883. The average Bonchev–Trinajstić information content (AvgIpc) is 2.57. The smallest absolute Gasteiger partial charge is 0.407 e. The number of carboxylic acid groups (broad SMARTS) is 1. The Kier molecular flexibility index (Phi) is 7.86. The van der Waals surface area contributed by atoms with Gasteiger partial charge in [-0.2, -0.15) is 0 Å². The molecule has 0 saturated heterocycles. The Morgan fingerprint density at radius 1 is 1.11 bits per heavy atom. The molecule has 0 radical (unpaired) electrons. The number of hydrogen-bond donors (Lipinski definition) is 4. The summed E-state index contributed by atoms with van der Waals surface area (Å²) in [6.45, 7) is 5.18. The fourth-order valence-electron chi connectivity index (χ4n) is 2.33. The minimum absolute atomic E-state index is 0.0200. The van der Waals surface area contributed by atoms with Crippen LogP contribution in [0.1, 0.15) is 49.2 Å². The molecule has 2 unspecified atom stereocenters. The van der Waals surface area contributed by atoms with Crippen LogP contribution in [0, 0.1) is 0 Å². The van der Waals surface area contributed by atoms with Crippen molar-refractivity contribution in [3.63, 3.8) is 0 Å². The third-order valence-corrected chi connectivity index (χ3v) is 3.58. The van der Waals surface area contributed by atoms with Crippen LogP contribution in [0.15, 0.2) is 12.1 Å². The van der Waals surface area contributed by atoms with Crippen LogP contribution in [0.2, 0.25) is 0 Å². The summed E-state index contributed by atoms with van der Waals surface area (Å²) < 4.78 is 15.2. The van der Waals surface area contributed by atoms with Crippen LogP contribution < -0.4 is 14.8 Å². The number of aliphatic hydroxyl groups is 2. The lowest BCUT2D eigenvalue weighted by Gasteiger charge is -2.22. The van der Waals surface area contributed by atoms with Gasteiger partial charge in [0.2, 0.25) is 0 Å². The largest absolute Gasteiger partial charge is 0.493 e. The summed E-state index contributed by atoms with van der Waals surface area (Å²) in [6.07, 6.45) is -3.50. The number of benzene rings is 1. The molecule has 27 heavy (non-hydrogen) atoms. The third kappa shape index (κ3) is 6.61. The monoisotopic (exact) mass is 385 g/mol. The minimum atomic E-state index is -1.50. The lowest BCUT2D eigenvalue weighted by atomic mass is 9.96. The van der Waals surface area contributed by atoms with E-state index < -0.39 is 29.9 Å². The van der Waals surface area contributed by atoms with Crippen LogP contribution in [-0.4, -0.2) is 59.9 Å². The van der Waals surface area contributed by atoms with Crippen LogP contribution in [0.25, 0.3) is 0 Å². The molecule has 0 aliphatic rings. The number of carboxylic acids is 1. The first-order valence-corrected chi connectivity index (χ1v) is 8.32. The SMILES string of the molecule is COc1cc(C(=O)O)c(C(O)C(O)CCNC(=O)OC(C)(C)C)cc1OC. The van der Waals surface area contributed by atoms with Crippen molar-refractivity contribution in [1.29, 1.82) is 0 Å². The van der Waals surface area contributed by atoms with E-state index in [1.807, 2.05) is 0 Å². The maximum absolute atomic E-state index is 11.6. The number of methoxy groups -OCH3 is 2. The first-order valence-electron chi connectivity index (χ1n) is 8.32. The molecule has 0 aliphatic carbocycles. The van der Waals surface area contributed by atoms with Crippen molar-refractivity contribution in [2.75, 3.05) is 20.8 Å². The quantitative estimate of drug-likeness (QED) is 0.531. The first kappa shape index (κ1) is 22.5. The van der Waals surface area contributed by atoms with Crippen LogP contribution in [0.4, 0.5) is 4.79 Å². The van der Waals surface area contributed by atoms with Crippen molar-refractivity contribution >= 4 is 12.1 Å². The number of ether oxygens (including phenoxy) is 3. The van der Waals surface area contributed by atoms with Crippen molar-refractivity contribution in [3.05, 3.63) is 23.3 Å². The van der Waals surface area contributed by atoms with E-state index in [1.54, 1.807) is 20.8 Å². The Bertz CT molecular complexity index is 668. The molecular weight excluding hydrogens is 358 g/mol. The molecule has 9 nitrogen and oxygen atoms in total. The van der Waals surface area contributed by atoms with Gasteiger partial charge in [0.05, 0.1) is 25.9 Å². The van der Waals surface area contributed by atoms with Crippen molar-refractivity contribution in [2.24, 2.45) is 0 Å². The Morgan fingerprint density at radius 2 is 1.67 bits per heavy atom. The zero-order chi connectivity index (χ0) is 20.8. The van der Waals surface area contributed by atoms with Gasteiger partial charge in [0, 0.05) is 12.1 Å². The number of amides is 1. The highest BCUT2D eigenvalue weighted by molar-refractivity contribution is 5.90. The maximum Gasteiger partial charge on any atom is 0.407 e. The van der Waals surface area contributed by atoms with Crippen LogP contribution in [0.3, 0.4) is 0 Å². The van der Waals surface area contributed by atoms with E-state index in [0.29, 0.717) is 0 Å². The van der Waals surface area contributed by atoms with Gasteiger partial charge in [0.15, 0.2) is 11.5 Å². The van der Waals surface area contributed by atoms with Crippen molar-refractivity contribution in [2.45, 2.75) is 45.0 Å². The standard InChI is InChI=1S/C18H27NO8/c1-18(2,3)27-17(24)19-7-6-12(20)15(21)10-8-13(25-4)14(26-5)9-11(10)16(22)23/h8-9,12,15,20-21H,6-7H2,1-5H3,(H,19,24)(H,22,23). The summed E-state index contributed by atoms with van der Waals surface area (Å²) in [5, 5.41) is 32.4. The van der Waals surface area contributed by atoms with Crippen molar-refractivity contribution in [3.8, 4) is 11.5 Å². The van der Waals surface area contributed by atoms with E-state index in [9.17, 15) is 24.9 Å². The molecule has 1 aromatic carbocycles. The van der Waals surface area contributed by atoms with Gasteiger partial charge in [-0.1, -0.05) is 0 Å². The Morgan fingerprint density at radius 3 is 2.15 bits per heavy atom. The number of carbonyl (C=O) groups excluding carboxylic acids is 1. The summed E-state index contributed by atoms with van der Waals surface area (Å²) in [7, 11) is 2.73. The molecule has 1 rings (SSSR count). The van der Waals surface area contributed by atoms with Gasteiger partial charge >= 0.3 is 12.1 Å². The zero-order valence-electron chi connectivity index (χ0n) is 16.1. The van der Waals surface area contributed by atoms with E-state index in [2.05, 4.69) is 5.32 Å². The topological polar surface area (TPSA) is 135 Å². The molecule has 2 atom stereocenters. The van der Waals surface area contributed by atoms with E-state index in [0.717, 1.165) is 0 Å². The Hall–Kier alpha value is -2.52. The van der Waals surface area contributed by atoms with Gasteiger partial charge < -0.3 is 34.8 Å². The van der Waals surface area contributed by atoms with Crippen LogP contribution >= 0.6 is 0 Å². The molecular formula is C18H27NO8. The molecule has 152 valence electrons. The molecule has 1 amide bonds. The molecule has 0 spiro atoms. The second kappa shape index (κ2) is 9.43. The van der Waals surface area contributed by atoms with Crippen LogP contribution in [-0.2, 0) is 4.74 Å². The first-order chi connectivity index (χ1) is 12.5. The highest BCUT2D eigenvalue weighted by atomic mass is 16.6. The number of aromatic carboxylic acids is 1. The summed E-state index contributed by atoms with van der Waals surface area (Å²) >= 11 is 0. The third-order valence-electron chi connectivity index (χ3n) is 3.58. The van der Waals surface area contributed by atoms with E-state index in [1.165, 1.54) is 26.4 Å². The summed E-state index contributed by atoms with van der Waals surface area (Å²) in [4.78, 5) is 23.1. The number of hydrogen-bond acceptors (Lipinski definition) is 7. The predicted molar refractivity (Wildman–Crippen MR) is 96.3 cm³/mol. The lowest BCUT2D eigenvalue weighted by Crippen LogP contribution is -2.34. The number of rotatable bonds is 8. The molecule has 0 aromatic heterocycles. The van der Waals surface area contributed by atoms with Gasteiger partial charge in [0.25, 0.3) is 0 Å². The Labute approximate surface area is 157 Å². The van der Waals surface area contributed by atoms with Gasteiger partial charge in [-0.05, 0) is 39.3 Å². The van der Waals surface area contributed by atoms with Crippen LogP contribution in [0.5, 0.6) is 11.5 Å². The molecule has 0 saturated carbocycles. The van der Waals surface area contributed by atoms with Gasteiger partial charge in [-0.3, -0.25) is 0 Å². The summed E-state index contributed by atoms with van der Waals surface area (Å²) in [6, 6.07) is 2.52. The fraction of sp³-hybridized carbons (Fsp3) is 0.556. The predicted octanol–water partition coefficient (Wildman–Crippen LogP) is 1.71. The molecule has 0 heterocycles.